The number of ether oxygens (including phenoxy) is 2. The first kappa shape index (κ1) is 23.3. The van der Waals surface area contributed by atoms with Gasteiger partial charge >= 0.3 is 11.9 Å². The van der Waals surface area contributed by atoms with Crippen molar-refractivity contribution in [1.82, 2.24) is 9.55 Å². The molecule has 0 aliphatic carbocycles. The second kappa shape index (κ2) is 11.9. The molecule has 0 saturated heterocycles. The van der Waals surface area contributed by atoms with Crippen LogP contribution in [0, 0.1) is 5.92 Å². The van der Waals surface area contributed by atoms with Crippen LogP contribution in [0.2, 0.25) is 5.02 Å². The van der Waals surface area contributed by atoms with E-state index < -0.39 is 17.9 Å². The Bertz CT molecular complexity index is 807. The zero-order valence-corrected chi connectivity index (χ0v) is 18.6. The number of imidazole rings is 1. The molecule has 0 saturated carbocycles. The molecule has 158 valence electrons. The topological polar surface area (TPSA) is 70.4 Å². The fraction of sp³-hybridized carbons (Fsp3) is 0.476. The van der Waals surface area contributed by atoms with Crippen molar-refractivity contribution in [1.29, 1.82) is 0 Å². The van der Waals surface area contributed by atoms with Crippen molar-refractivity contribution in [2.24, 2.45) is 5.92 Å². The maximum atomic E-state index is 12.4. The average molecular weight is 439 g/mol. The van der Waals surface area contributed by atoms with Crippen molar-refractivity contribution in [2.45, 2.75) is 45.3 Å². The summed E-state index contributed by atoms with van der Waals surface area (Å²) >= 11 is 7.98. The number of thioether (sulfide) groups is 1. The number of rotatable bonds is 11. The number of carbonyl (C=O) groups excluding carboxylic acids is 2. The van der Waals surface area contributed by atoms with Gasteiger partial charge in [-0.25, -0.2) is 4.98 Å². The largest absolute Gasteiger partial charge is 0.465 e. The molecule has 1 aromatic heterocycles. The summed E-state index contributed by atoms with van der Waals surface area (Å²) in [4.78, 5) is 29.3. The average Bonchev–Trinajstić information content (AvgIpc) is 3.07. The first-order chi connectivity index (χ1) is 14.0. The molecule has 0 bridgehead atoms. The Kier molecular flexibility index (Phi) is 9.54. The highest BCUT2D eigenvalue weighted by Crippen LogP contribution is 2.25. The van der Waals surface area contributed by atoms with Crippen molar-refractivity contribution in [3.05, 3.63) is 46.7 Å². The Hall–Kier alpha value is -1.99. The minimum atomic E-state index is -1.03. The number of hydrogen-bond acceptors (Lipinski definition) is 6. The predicted molar refractivity (Wildman–Crippen MR) is 114 cm³/mol. The third-order valence-electron chi connectivity index (χ3n) is 4.18. The van der Waals surface area contributed by atoms with Crippen LogP contribution in [0.4, 0.5) is 0 Å². The second-order valence-electron chi connectivity index (χ2n) is 6.32. The Morgan fingerprint density at radius 3 is 2.38 bits per heavy atom. The quantitative estimate of drug-likeness (QED) is 0.294. The molecular formula is C21H27ClN2O4S. The van der Waals surface area contributed by atoms with Gasteiger partial charge in [0.1, 0.15) is 0 Å². The SMILES string of the molecule is CCCSc1ncc(CC(C(=O)OCC)C(=O)OCC)n1Cc1ccccc1Cl. The number of esters is 2. The van der Waals surface area contributed by atoms with Gasteiger partial charge in [-0.15, -0.1) is 0 Å². The van der Waals surface area contributed by atoms with Crippen molar-refractivity contribution in [3.63, 3.8) is 0 Å². The molecule has 8 heteroatoms. The van der Waals surface area contributed by atoms with Crippen LogP contribution >= 0.6 is 23.4 Å². The number of nitrogens with zero attached hydrogens (tertiary/aromatic N) is 2. The zero-order valence-electron chi connectivity index (χ0n) is 17.0. The van der Waals surface area contributed by atoms with Crippen LogP contribution in [0.15, 0.2) is 35.6 Å². The van der Waals surface area contributed by atoms with E-state index in [1.54, 1.807) is 31.8 Å². The molecule has 0 atom stereocenters. The summed E-state index contributed by atoms with van der Waals surface area (Å²) in [6.07, 6.45) is 2.87. The van der Waals surface area contributed by atoms with E-state index in [-0.39, 0.29) is 19.6 Å². The molecule has 6 nitrogen and oxygen atoms in total. The monoisotopic (exact) mass is 438 g/mol. The first-order valence-corrected chi connectivity index (χ1v) is 11.1. The van der Waals surface area contributed by atoms with E-state index >= 15 is 0 Å². The van der Waals surface area contributed by atoms with Crippen LogP contribution in [0.25, 0.3) is 0 Å². The number of hydrogen-bond donors (Lipinski definition) is 0. The molecule has 0 radical (unpaired) electrons. The minimum absolute atomic E-state index is 0.155. The molecule has 2 aromatic rings. The Morgan fingerprint density at radius 1 is 1.14 bits per heavy atom. The highest BCUT2D eigenvalue weighted by molar-refractivity contribution is 7.99. The van der Waals surface area contributed by atoms with E-state index in [0.29, 0.717) is 11.6 Å². The van der Waals surface area contributed by atoms with Crippen molar-refractivity contribution < 1.29 is 19.1 Å². The molecular weight excluding hydrogens is 412 g/mol. The van der Waals surface area contributed by atoms with Crippen LogP contribution < -0.4 is 0 Å². The third kappa shape index (κ3) is 6.51. The van der Waals surface area contributed by atoms with Crippen LogP contribution in [-0.2, 0) is 32.0 Å². The molecule has 1 aromatic carbocycles. The molecule has 0 fully saturated rings. The zero-order chi connectivity index (χ0) is 21.2. The molecule has 0 aliphatic rings. The molecule has 0 unspecified atom stereocenters. The van der Waals surface area contributed by atoms with E-state index in [0.717, 1.165) is 28.6 Å². The van der Waals surface area contributed by atoms with E-state index in [1.165, 1.54) is 0 Å². The predicted octanol–water partition coefficient (Wildman–Crippen LogP) is 4.37. The lowest BCUT2D eigenvalue weighted by Gasteiger charge is -2.17. The minimum Gasteiger partial charge on any atom is -0.465 e. The Balaban J connectivity index is 2.36. The lowest BCUT2D eigenvalue weighted by Crippen LogP contribution is -2.30. The fourth-order valence-corrected chi connectivity index (χ4v) is 3.83. The van der Waals surface area contributed by atoms with Gasteiger partial charge in [0, 0.05) is 29.1 Å². The normalized spacial score (nSPS) is 10.9. The van der Waals surface area contributed by atoms with Crippen LogP contribution in [0.1, 0.15) is 38.4 Å². The third-order valence-corrected chi connectivity index (χ3v) is 5.74. The van der Waals surface area contributed by atoms with Gasteiger partial charge in [0.15, 0.2) is 11.1 Å². The van der Waals surface area contributed by atoms with Crippen LogP contribution in [0.3, 0.4) is 0 Å². The van der Waals surface area contributed by atoms with Gasteiger partial charge < -0.3 is 14.0 Å². The second-order valence-corrected chi connectivity index (χ2v) is 7.79. The van der Waals surface area contributed by atoms with E-state index in [2.05, 4.69) is 11.9 Å². The van der Waals surface area contributed by atoms with Gasteiger partial charge in [0.25, 0.3) is 0 Å². The molecule has 0 N–H and O–H groups in total. The number of carbonyl (C=O) groups is 2. The van der Waals surface area contributed by atoms with E-state index in [4.69, 9.17) is 21.1 Å². The fourth-order valence-electron chi connectivity index (χ4n) is 2.79. The number of halogens is 1. The van der Waals surface area contributed by atoms with Crippen molar-refractivity contribution in [2.75, 3.05) is 19.0 Å². The van der Waals surface area contributed by atoms with Gasteiger partial charge in [-0.3, -0.25) is 9.59 Å². The van der Waals surface area contributed by atoms with Gasteiger partial charge in [0.2, 0.25) is 0 Å². The maximum absolute atomic E-state index is 12.4. The summed E-state index contributed by atoms with van der Waals surface area (Å²) < 4.78 is 12.2. The molecule has 2 rings (SSSR count). The number of aromatic nitrogens is 2. The smallest absolute Gasteiger partial charge is 0.320 e. The molecule has 0 aliphatic heterocycles. The Labute approximate surface area is 180 Å². The standard InChI is InChI=1S/C21H27ClN2O4S/c1-4-11-29-21-23-13-16(24(21)14-15-9-7-8-10-18(15)22)12-17(19(25)27-5-2)20(26)28-6-3/h7-10,13,17H,4-6,11-12,14H2,1-3H3. The number of benzene rings is 1. The molecule has 0 spiro atoms. The highest BCUT2D eigenvalue weighted by Gasteiger charge is 2.31. The van der Waals surface area contributed by atoms with Gasteiger partial charge in [-0.1, -0.05) is 48.5 Å². The summed E-state index contributed by atoms with van der Waals surface area (Å²) in [5.41, 5.74) is 1.70. The lowest BCUT2D eigenvalue weighted by atomic mass is 10.0. The summed E-state index contributed by atoms with van der Waals surface area (Å²) in [6, 6.07) is 7.60. The van der Waals surface area contributed by atoms with Gasteiger partial charge in [-0.2, -0.15) is 0 Å². The maximum Gasteiger partial charge on any atom is 0.320 e. The van der Waals surface area contributed by atoms with Crippen molar-refractivity contribution >= 4 is 35.3 Å². The summed E-state index contributed by atoms with van der Waals surface area (Å²) in [5, 5.41) is 1.49. The summed E-state index contributed by atoms with van der Waals surface area (Å²) in [5.74, 6) is -1.28. The van der Waals surface area contributed by atoms with Crippen molar-refractivity contribution in [3.8, 4) is 0 Å². The summed E-state index contributed by atoms with van der Waals surface area (Å²) in [7, 11) is 0. The van der Waals surface area contributed by atoms with Gasteiger partial charge in [-0.05, 0) is 31.9 Å². The van der Waals surface area contributed by atoms with Gasteiger partial charge in [0.05, 0.1) is 19.8 Å². The van der Waals surface area contributed by atoms with Crippen LogP contribution in [-0.4, -0.2) is 40.5 Å². The molecule has 0 amide bonds. The van der Waals surface area contributed by atoms with E-state index in [1.807, 2.05) is 28.8 Å². The van der Waals surface area contributed by atoms with E-state index in [9.17, 15) is 9.59 Å². The first-order valence-electron chi connectivity index (χ1n) is 9.75. The van der Waals surface area contributed by atoms with Crippen LogP contribution in [0.5, 0.6) is 0 Å². The Morgan fingerprint density at radius 2 is 1.79 bits per heavy atom. The summed E-state index contributed by atoms with van der Waals surface area (Å²) in [6.45, 7) is 6.42. The highest BCUT2D eigenvalue weighted by atomic mass is 35.5. The lowest BCUT2D eigenvalue weighted by molar-refractivity contribution is -0.161. The molecule has 29 heavy (non-hydrogen) atoms. The molecule has 1 heterocycles.